The van der Waals surface area contributed by atoms with Crippen molar-refractivity contribution >= 4 is 13.6 Å². The van der Waals surface area contributed by atoms with E-state index in [9.17, 15) is 0 Å². The molecule has 0 aliphatic rings. The molecule has 0 aromatic carbocycles. The van der Waals surface area contributed by atoms with Crippen LogP contribution in [0.15, 0.2) is 0 Å². The number of hydrogen-bond donors (Lipinski definition) is 0. The van der Waals surface area contributed by atoms with E-state index in [4.69, 9.17) is 9.05 Å². The molecule has 0 heterocycles. The van der Waals surface area contributed by atoms with Crippen molar-refractivity contribution in [1.29, 1.82) is 0 Å². The Labute approximate surface area is 70.0 Å². The van der Waals surface area contributed by atoms with Gasteiger partial charge in [0.2, 0.25) is 0 Å². The molecule has 3 heteroatoms. The molecule has 0 N–H and O–H groups in total. The highest BCUT2D eigenvalue weighted by atomic mass is 31.2. The highest BCUT2D eigenvalue weighted by Crippen LogP contribution is 2.51. The first-order valence-corrected chi connectivity index (χ1v) is 5.96. The lowest BCUT2D eigenvalue weighted by atomic mass is 10.6. The van der Waals surface area contributed by atoms with E-state index in [1.807, 2.05) is 13.8 Å². The molecule has 0 unspecified atom stereocenters. The van der Waals surface area contributed by atoms with Gasteiger partial charge in [-0.15, -0.1) is 0 Å². The molecule has 0 rings (SSSR count). The lowest BCUT2D eigenvalue weighted by molar-refractivity contribution is 0.260. The van der Waals surface area contributed by atoms with E-state index < -0.39 is 7.34 Å². The van der Waals surface area contributed by atoms with Crippen LogP contribution in [0.1, 0.15) is 27.7 Å². The van der Waals surface area contributed by atoms with Gasteiger partial charge in [-0.3, -0.25) is 0 Å². The van der Waals surface area contributed by atoms with Crippen LogP contribution in [0.25, 0.3) is 0 Å². The van der Waals surface area contributed by atoms with Gasteiger partial charge < -0.3 is 9.05 Å². The minimum Gasteiger partial charge on any atom is -0.338 e. The van der Waals surface area contributed by atoms with Gasteiger partial charge in [-0.25, -0.2) is 0 Å². The maximum Gasteiger partial charge on any atom is 0.119 e. The van der Waals surface area contributed by atoms with E-state index in [1.165, 1.54) is 0 Å². The highest BCUT2D eigenvalue weighted by Gasteiger charge is 2.18. The van der Waals surface area contributed by atoms with Gasteiger partial charge in [-0.2, -0.15) is 0 Å². The van der Waals surface area contributed by atoms with Crippen LogP contribution >= 0.6 is 7.34 Å². The Morgan fingerprint density at radius 3 is 1.73 bits per heavy atom. The van der Waals surface area contributed by atoms with Gasteiger partial charge in [0.05, 0.1) is 13.2 Å². The van der Waals surface area contributed by atoms with Gasteiger partial charge in [0, 0.05) is 5.66 Å². The molecule has 0 fully saturated rings. The molecule has 0 bridgehead atoms. The average molecular weight is 178 g/mol. The van der Waals surface area contributed by atoms with Crippen molar-refractivity contribution in [1.82, 2.24) is 0 Å². The Kier molecular flexibility index (Phi) is 5.07. The first-order valence-electron chi connectivity index (χ1n) is 4.09. The molecule has 0 spiro atoms. The third-order valence-electron chi connectivity index (χ3n) is 1.48. The van der Waals surface area contributed by atoms with Crippen LogP contribution < -0.4 is 0 Å². The summed E-state index contributed by atoms with van der Waals surface area (Å²) in [5.74, 6) is 0. The molecule has 0 atom stereocenters. The fourth-order valence-corrected chi connectivity index (χ4v) is 2.32. The van der Waals surface area contributed by atoms with Crippen molar-refractivity contribution in [3.63, 3.8) is 0 Å². The van der Waals surface area contributed by atoms with Crippen molar-refractivity contribution in [2.24, 2.45) is 0 Å². The monoisotopic (exact) mass is 178 g/mol. The quantitative estimate of drug-likeness (QED) is 0.602. The second-order valence-electron chi connectivity index (χ2n) is 2.66. The predicted octanol–water partition coefficient (Wildman–Crippen LogP) is 2.75. The standard InChI is InChI=1S/C8H19O2P/c1-6-9-11(5,8(3)4)10-7-2/h8H,5-7H2,1-4H3. The number of rotatable bonds is 5. The molecule has 11 heavy (non-hydrogen) atoms. The zero-order chi connectivity index (χ0) is 8.91. The second-order valence-corrected chi connectivity index (χ2v) is 5.66. The first kappa shape index (κ1) is 11.2. The Balaban J connectivity index is 4.14. The van der Waals surface area contributed by atoms with Gasteiger partial charge in [-0.1, -0.05) is 20.1 Å². The Hall–Kier alpha value is 0.220. The van der Waals surface area contributed by atoms with Crippen LogP contribution in [0.5, 0.6) is 0 Å². The molecular formula is C8H19O2P. The molecule has 2 nitrogen and oxygen atoms in total. The van der Waals surface area contributed by atoms with E-state index >= 15 is 0 Å². The van der Waals surface area contributed by atoms with Crippen LogP contribution in [-0.4, -0.2) is 25.2 Å². The summed E-state index contributed by atoms with van der Waals surface area (Å²) in [6.07, 6.45) is 4.02. The van der Waals surface area contributed by atoms with Gasteiger partial charge in [0.25, 0.3) is 0 Å². The maximum atomic E-state index is 5.51. The van der Waals surface area contributed by atoms with Gasteiger partial charge in [0.1, 0.15) is 7.34 Å². The predicted molar refractivity (Wildman–Crippen MR) is 52.4 cm³/mol. The van der Waals surface area contributed by atoms with E-state index in [1.54, 1.807) is 0 Å². The van der Waals surface area contributed by atoms with E-state index in [2.05, 4.69) is 20.1 Å². The molecule has 0 saturated heterocycles. The molecule has 0 aliphatic heterocycles. The maximum absolute atomic E-state index is 5.51. The smallest absolute Gasteiger partial charge is 0.119 e. The third kappa shape index (κ3) is 3.42. The van der Waals surface area contributed by atoms with Crippen molar-refractivity contribution in [2.75, 3.05) is 13.2 Å². The van der Waals surface area contributed by atoms with Gasteiger partial charge in [-0.05, 0) is 13.8 Å². The lowest BCUT2D eigenvalue weighted by Gasteiger charge is -2.26. The van der Waals surface area contributed by atoms with E-state index in [0.717, 1.165) is 0 Å². The second kappa shape index (κ2) is 4.97. The Morgan fingerprint density at radius 2 is 1.55 bits per heavy atom. The largest absolute Gasteiger partial charge is 0.338 e. The number of hydrogen-bond acceptors (Lipinski definition) is 2. The van der Waals surface area contributed by atoms with E-state index in [0.29, 0.717) is 18.9 Å². The van der Waals surface area contributed by atoms with Crippen LogP contribution in [0.2, 0.25) is 0 Å². The normalized spacial score (nSPS) is 12.5. The highest BCUT2D eigenvalue weighted by molar-refractivity contribution is 7.65. The summed E-state index contributed by atoms with van der Waals surface area (Å²) >= 11 is 0. The Morgan fingerprint density at radius 1 is 1.18 bits per heavy atom. The lowest BCUT2D eigenvalue weighted by Crippen LogP contribution is -2.05. The molecule has 0 aromatic rings. The fourth-order valence-electron chi connectivity index (χ4n) is 0.772. The van der Waals surface area contributed by atoms with Gasteiger partial charge in [0.15, 0.2) is 0 Å². The van der Waals surface area contributed by atoms with Crippen molar-refractivity contribution in [3.05, 3.63) is 0 Å². The summed E-state index contributed by atoms with van der Waals surface area (Å²) in [5.41, 5.74) is 0.391. The molecule has 0 amide bonds. The Bertz CT molecular complexity index is 133. The van der Waals surface area contributed by atoms with Crippen LogP contribution in [0.4, 0.5) is 0 Å². The summed E-state index contributed by atoms with van der Waals surface area (Å²) in [6, 6.07) is 0. The van der Waals surface area contributed by atoms with Crippen molar-refractivity contribution < 1.29 is 9.05 Å². The minimum absolute atomic E-state index is 0.391. The summed E-state index contributed by atoms with van der Waals surface area (Å²) in [5, 5.41) is 0. The summed E-state index contributed by atoms with van der Waals surface area (Å²) in [6.45, 7) is 9.51. The molecule has 0 aromatic heterocycles. The molecule has 0 aliphatic carbocycles. The summed E-state index contributed by atoms with van der Waals surface area (Å²) in [4.78, 5) is 0. The molecule has 68 valence electrons. The molecular weight excluding hydrogens is 159 g/mol. The first-order chi connectivity index (χ1) is 5.06. The summed E-state index contributed by atoms with van der Waals surface area (Å²) < 4.78 is 11.0. The van der Waals surface area contributed by atoms with Crippen LogP contribution in [0, 0.1) is 0 Å². The molecule has 0 radical (unpaired) electrons. The summed E-state index contributed by atoms with van der Waals surface area (Å²) in [7, 11) is -1.79. The molecule has 0 saturated carbocycles. The van der Waals surface area contributed by atoms with Crippen LogP contribution in [0.3, 0.4) is 0 Å². The topological polar surface area (TPSA) is 18.5 Å². The SMILES string of the molecule is C=P(OCC)(OCC)C(C)C. The minimum atomic E-state index is -1.79. The third-order valence-corrected chi connectivity index (χ3v) is 4.45. The average Bonchev–Trinajstić information content (AvgIpc) is 1.88. The fraction of sp³-hybridized carbons (Fsp3) is 0.875. The zero-order valence-corrected chi connectivity index (χ0v) is 8.86. The van der Waals surface area contributed by atoms with Gasteiger partial charge >= 0.3 is 0 Å². The zero-order valence-electron chi connectivity index (χ0n) is 7.96. The van der Waals surface area contributed by atoms with E-state index in [-0.39, 0.29) is 0 Å². The van der Waals surface area contributed by atoms with Crippen molar-refractivity contribution in [3.8, 4) is 0 Å². The van der Waals surface area contributed by atoms with Crippen molar-refractivity contribution in [2.45, 2.75) is 33.4 Å². The van der Waals surface area contributed by atoms with Crippen LogP contribution in [-0.2, 0) is 9.05 Å².